The van der Waals surface area contributed by atoms with Crippen molar-refractivity contribution in [3.63, 3.8) is 0 Å². The molecule has 7 heteroatoms. The summed E-state index contributed by atoms with van der Waals surface area (Å²) in [6.07, 6.45) is 7.14. The summed E-state index contributed by atoms with van der Waals surface area (Å²) in [6, 6.07) is 0.385. The molecule has 3 rings (SSSR count). The highest BCUT2D eigenvalue weighted by molar-refractivity contribution is 5.93. The number of anilines is 1. The summed E-state index contributed by atoms with van der Waals surface area (Å²) in [5.41, 5.74) is 0. The average molecular weight is 264 g/mol. The average Bonchev–Trinajstić information content (AvgIpc) is 2.83. The van der Waals surface area contributed by atoms with Crippen LogP contribution in [0.4, 0.5) is 5.95 Å². The minimum Gasteiger partial charge on any atom is -0.303 e. The molecular weight excluding hydrogens is 244 g/mol. The van der Waals surface area contributed by atoms with Crippen molar-refractivity contribution in [3.8, 4) is 0 Å². The number of aryl methyl sites for hydroxylation is 1. The van der Waals surface area contributed by atoms with Crippen molar-refractivity contribution in [2.24, 2.45) is 13.0 Å². The van der Waals surface area contributed by atoms with E-state index in [1.165, 1.54) is 30.5 Å². The van der Waals surface area contributed by atoms with Crippen LogP contribution in [0.3, 0.4) is 0 Å². The van der Waals surface area contributed by atoms with Crippen LogP contribution < -0.4 is 10.6 Å². The Morgan fingerprint density at radius 1 is 1.32 bits per heavy atom. The Labute approximate surface area is 112 Å². The SMILES string of the molecule is Cn1nnc(NC(=O)C2CCC3CCCCC3N2)n1. The lowest BCUT2D eigenvalue weighted by atomic mass is 9.77. The molecule has 0 bridgehead atoms. The largest absolute Gasteiger partial charge is 0.303 e. The van der Waals surface area contributed by atoms with Crippen molar-refractivity contribution >= 4 is 11.9 Å². The van der Waals surface area contributed by atoms with Crippen LogP contribution in [0.1, 0.15) is 38.5 Å². The number of rotatable bonds is 2. The Morgan fingerprint density at radius 2 is 2.16 bits per heavy atom. The van der Waals surface area contributed by atoms with E-state index in [9.17, 15) is 4.79 Å². The first-order valence-electron chi connectivity index (χ1n) is 7.03. The first kappa shape index (κ1) is 12.5. The van der Waals surface area contributed by atoms with Crippen LogP contribution in [-0.2, 0) is 11.8 Å². The molecule has 7 nitrogen and oxygen atoms in total. The van der Waals surface area contributed by atoms with Gasteiger partial charge in [-0.25, -0.2) is 0 Å². The lowest BCUT2D eigenvalue weighted by Crippen LogP contribution is -2.53. The van der Waals surface area contributed by atoms with Crippen LogP contribution >= 0.6 is 0 Å². The topological polar surface area (TPSA) is 84.7 Å². The van der Waals surface area contributed by atoms with Crippen LogP contribution in [0.5, 0.6) is 0 Å². The number of hydrogen-bond acceptors (Lipinski definition) is 5. The van der Waals surface area contributed by atoms with Crippen LogP contribution in [0.15, 0.2) is 0 Å². The maximum absolute atomic E-state index is 12.2. The molecule has 1 aromatic heterocycles. The Hall–Kier alpha value is -1.50. The van der Waals surface area contributed by atoms with Gasteiger partial charge in [-0.15, -0.1) is 5.10 Å². The molecule has 3 unspecified atom stereocenters. The molecule has 2 aliphatic rings. The van der Waals surface area contributed by atoms with E-state index in [-0.39, 0.29) is 17.9 Å². The minimum absolute atomic E-state index is 0.0444. The van der Waals surface area contributed by atoms with Crippen molar-refractivity contribution in [2.45, 2.75) is 50.6 Å². The van der Waals surface area contributed by atoms with E-state index in [0.29, 0.717) is 6.04 Å². The van der Waals surface area contributed by atoms with E-state index in [2.05, 4.69) is 26.0 Å². The number of nitrogens with zero attached hydrogens (tertiary/aromatic N) is 4. The van der Waals surface area contributed by atoms with Crippen LogP contribution in [0.2, 0.25) is 0 Å². The minimum atomic E-state index is -0.122. The predicted octanol–water partition coefficient (Wildman–Crippen LogP) is 0.459. The Kier molecular flexibility index (Phi) is 3.46. The second kappa shape index (κ2) is 5.24. The van der Waals surface area contributed by atoms with Crippen molar-refractivity contribution in [1.82, 2.24) is 25.5 Å². The van der Waals surface area contributed by atoms with Gasteiger partial charge in [0, 0.05) is 6.04 Å². The Balaban J connectivity index is 1.58. The van der Waals surface area contributed by atoms with Crippen molar-refractivity contribution in [3.05, 3.63) is 0 Å². The second-order valence-electron chi connectivity index (χ2n) is 5.54. The maximum Gasteiger partial charge on any atom is 0.270 e. The number of carbonyl (C=O) groups is 1. The summed E-state index contributed by atoms with van der Waals surface area (Å²) in [5, 5.41) is 17.6. The highest BCUT2D eigenvalue weighted by atomic mass is 16.2. The zero-order valence-corrected chi connectivity index (χ0v) is 11.2. The number of aromatic nitrogens is 4. The standard InChI is InChI=1S/C12H20N6O/c1-18-16-12(15-17-18)14-11(19)10-7-6-8-4-2-3-5-9(8)13-10/h8-10,13H,2-7H2,1H3,(H,14,16,19). The van der Waals surface area contributed by atoms with Gasteiger partial charge in [0.25, 0.3) is 5.95 Å². The van der Waals surface area contributed by atoms with Gasteiger partial charge < -0.3 is 5.32 Å². The van der Waals surface area contributed by atoms with Gasteiger partial charge in [0.15, 0.2) is 0 Å². The highest BCUT2D eigenvalue weighted by Gasteiger charge is 2.34. The van der Waals surface area contributed by atoms with Crippen LogP contribution in [-0.4, -0.2) is 38.2 Å². The molecule has 2 fully saturated rings. The van der Waals surface area contributed by atoms with Crippen molar-refractivity contribution < 1.29 is 4.79 Å². The molecule has 0 spiro atoms. The zero-order valence-electron chi connectivity index (χ0n) is 11.2. The summed E-state index contributed by atoms with van der Waals surface area (Å²) in [7, 11) is 1.67. The smallest absolute Gasteiger partial charge is 0.270 e. The molecule has 1 aliphatic carbocycles. The van der Waals surface area contributed by atoms with Gasteiger partial charge in [0.1, 0.15) is 0 Å². The fraction of sp³-hybridized carbons (Fsp3) is 0.833. The van der Waals surface area contributed by atoms with Crippen molar-refractivity contribution in [2.75, 3.05) is 5.32 Å². The third-order valence-corrected chi connectivity index (χ3v) is 4.21. The molecule has 1 aromatic rings. The molecule has 1 aliphatic heterocycles. The molecule has 104 valence electrons. The molecule has 3 atom stereocenters. The number of tetrazole rings is 1. The first-order chi connectivity index (χ1) is 9.22. The molecule has 1 amide bonds. The van der Waals surface area contributed by atoms with E-state index in [4.69, 9.17) is 0 Å². The summed E-state index contributed by atoms with van der Waals surface area (Å²) in [4.78, 5) is 13.5. The quantitative estimate of drug-likeness (QED) is 0.810. The van der Waals surface area contributed by atoms with Gasteiger partial charge in [-0.2, -0.15) is 4.80 Å². The van der Waals surface area contributed by atoms with Gasteiger partial charge in [0.2, 0.25) is 5.91 Å². The molecule has 1 saturated carbocycles. The van der Waals surface area contributed by atoms with E-state index in [0.717, 1.165) is 18.8 Å². The summed E-state index contributed by atoms with van der Waals surface area (Å²) in [6.45, 7) is 0. The summed E-state index contributed by atoms with van der Waals surface area (Å²) < 4.78 is 0. The number of nitrogens with one attached hydrogen (secondary N) is 2. The number of hydrogen-bond donors (Lipinski definition) is 2. The Morgan fingerprint density at radius 3 is 2.95 bits per heavy atom. The summed E-state index contributed by atoms with van der Waals surface area (Å²) >= 11 is 0. The van der Waals surface area contributed by atoms with E-state index >= 15 is 0 Å². The van der Waals surface area contributed by atoms with Gasteiger partial charge in [0.05, 0.1) is 13.1 Å². The van der Waals surface area contributed by atoms with E-state index < -0.39 is 0 Å². The fourth-order valence-electron chi connectivity index (χ4n) is 3.23. The molecule has 19 heavy (non-hydrogen) atoms. The summed E-state index contributed by atoms with van der Waals surface area (Å²) in [5.74, 6) is 0.990. The molecule has 0 radical (unpaired) electrons. The zero-order chi connectivity index (χ0) is 13.2. The van der Waals surface area contributed by atoms with Gasteiger partial charge in [-0.1, -0.05) is 17.9 Å². The number of piperidine rings is 1. The van der Waals surface area contributed by atoms with E-state index in [1.807, 2.05) is 0 Å². The molecule has 2 heterocycles. The maximum atomic E-state index is 12.2. The molecule has 2 N–H and O–H groups in total. The molecule has 1 saturated heterocycles. The van der Waals surface area contributed by atoms with Crippen molar-refractivity contribution in [1.29, 1.82) is 0 Å². The first-order valence-corrected chi connectivity index (χ1v) is 7.03. The third kappa shape index (κ3) is 2.75. The normalized spacial score (nSPS) is 30.7. The second-order valence-corrected chi connectivity index (χ2v) is 5.54. The lowest BCUT2D eigenvalue weighted by Gasteiger charge is -2.39. The van der Waals surface area contributed by atoms with Gasteiger partial charge in [-0.3, -0.25) is 10.1 Å². The van der Waals surface area contributed by atoms with Gasteiger partial charge in [-0.05, 0) is 36.8 Å². The fourth-order valence-corrected chi connectivity index (χ4v) is 3.23. The number of fused-ring (bicyclic) bond motifs is 1. The van der Waals surface area contributed by atoms with Gasteiger partial charge >= 0.3 is 0 Å². The predicted molar refractivity (Wildman–Crippen MR) is 69.3 cm³/mol. The number of carbonyl (C=O) groups excluding carboxylic acids is 1. The highest BCUT2D eigenvalue weighted by Crippen LogP contribution is 2.32. The monoisotopic (exact) mass is 264 g/mol. The molecular formula is C12H20N6O. The molecule has 0 aromatic carbocycles. The van der Waals surface area contributed by atoms with Crippen LogP contribution in [0, 0.1) is 5.92 Å². The van der Waals surface area contributed by atoms with E-state index in [1.54, 1.807) is 7.05 Å². The number of amides is 1. The Bertz CT molecular complexity index is 459. The van der Waals surface area contributed by atoms with Crippen LogP contribution in [0.25, 0.3) is 0 Å². The third-order valence-electron chi connectivity index (χ3n) is 4.21. The lowest BCUT2D eigenvalue weighted by molar-refractivity contribution is -0.119.